The van der Waals surface area contributed by atoms with E-state index in [2.05, 4.69) is 0 Å². The second-order valence-corrected chi connectivity index (χ2v) is 9.01. The second kappa shape index (κ2) is 9.48. The fraction of sp³-hybridized carbons (Fsp3) is 0.136. The van der Waals surface area contributed by atoms with Crippen LogP contribution in [0.1, 0.15) is 16.7 Å². The van der Waals surface area contributed by atoms with E-state index in [1.807, 2.05) is 6.07 Å². The minimum atomic E-state index is -4.20. The van der Waals surface area contributed by atoms with Crippen LogP contribution in [0.3, 0.4) is 0 Å². The van der Waals surface area contributed by atoms with E-state index in [1.54, 1.807) is 25.1 Å². The number of benzene rings is 3. The van der Waals surface area contributed by atoms with Crippen molar-refractivity contribution in [2.24, 2.45) is 0 Å². The van der Waals surface area contributed by atoms with Gasteiger partial charge in [-0.2, -0.15) is 13.7 Å². The number of aromatic hydroxyl groups is 1. The lowest BCUT2D eigenvalue weighted by Crippen LogP contribution is -2.11. The molecule has 0 fully saturated rings. The molecule has 0 aliphatic heterocycles. The molecule has 0 atom stereocenters. The molecule has 3 aromatic rings. The SMILES string of the molecule is Cc1cc(OCCc2ccc(C#N)c(O)c2)cc(OS(=O)(=O)c2cc(Cl)ccc2Cl)c1. The van der Waals surface area contributed by atoms with Crippen LogP contribution >= 0.6 is 23.2 Å². The van der Waals surface area contributed by atoms with Crippen LogP contribution < -0.4 is 8.92 Å². The Morgan fingerprint density at radius 2 is 1.77 bits per heavy atom. The number of hydrogen-bond donors (Lipinski definition) is 1. The molecule has 0 aliphatic rings. The molecule has 31 heavy (non-hydrogen) atoms. The number of rotatable bonds is 7. The molecule has 0 saturated carbocycles. The third-order valence-electron chi connectivity index (χ3n) is 4.23. The van der Waals surface area contributed by atoms with Crippen molar-refractivity contribution in [1.82, 2.24) is 0 Å². The monoisotopic (exact) mass is 477 g/mol. The smallest absolute Gasteiger partial charge is 0.340 e. The summed E-state index contributed by atoms with van der Waals surface area (Å²) in [7, 11) is -4.20. The lowest BCUT2D eigenvalue weighted by molar-refractivity contribution is 0.320. The zero-order chi connectivity index (χ0) is 22.6. The van der Waals surface area contributed by atoms with E-state index in [9.17, 15) is 13.5 Å². The van der Waals surface area contributed by atoms with Crippen molar-refractivity contribution in [2.75, 3.05) is 6.61 Å². The first kappa shape index (κ1) is 22.8. The molecular weight excluding hydrogens is 461 g/mol. The zero-order valence-corrected chi connectivity index (χ0v) is 18.6. The van der Waals surface area contributed by atoms with Crippen molar-refractivity contribution in [1.29, 1.82) is 5.26 Å². The predicted molar refractivity (Wildman–Crippen MR) is 117 cm³/mol. The summed E-state index contributed by atoms with van der Waals surface area (Å²) in [5.74, 6) is 0.401. The number of ether oxygens (including phenoxy) is 1. The van der Waals surface area contributed by atoms with Gasteiger partial charge in [-0.3, -0.25) is 0 Å². The standard InChI is InChI=1S/C22H17Cl2NO5S/c1-14-8-18(29-7-6-15-2-3-16(13-25)21(26)10-15)12-19(9-14)30-31(27,28)22-11-17(23)4-5-20(22)24/h2-5,8-12,26H,6-7H2,1H3. The Labute approximate surface area is 190 Å². The number of aryl methyl sites for hydroxylation is 1. The normalized spacial score (nSPS) is 11.0. The number of hydrogen-bond acceptors (Lipinski definition) is 6. The highest BCUT2D eigenvalue weighted by Crippen LogP contribution is 2.30. The maximum Gasteiger partial charge on any atom is 0.340 e. The van der Waals surface area contributed by atoms with Crippen molar-refractivity contribution >= 4 is 33.3 Å². The van der Waals surface area contributed by atoms with E-state index in [1.165, 1.54) is 36.4 Å². The maximum atomic E-state index is 12.6. The quantitative estimate of drug-likeness (QED) is 0.465. The minimum absolute atomic E-state index is 0.000745. The molecule has 0 aliphatic carbocycles. The summed E-state index contributed by atoms with van der Waals surface area (Å²) in [5.41, 5.74) is 1.72. The topological polar surface area (TPSA) is 96.6 Å². The Hall–Kier alpha value is -2.92. The molecule has 9 heteroatoms. The summed E-state index contributed by atoms with van der Waals surface area (Å²) in [4.78, 5) is -0.230. The summed E-state index contributed by atoms with van der Waals surface area (Å²) in [6.07, 6.45) is 0.472. The molecular formula is C22H17Cl2NO5S. The van der Waals surface area contributed by atoms with Gasteiger partial charge in [0.25, 0.3) is 0 Å². The maximum absolute atomic E-state index is 12.6. The van der Waals surface area contributed by atoms with Gasteiger partial charge in [0.1, 0.15) is 28.2 Å². The Kier molecular flexibility index (Phi) is 6.96. The lowest BCUT2D eigenvalue weighted by atomic mass is 10.1. The van der Waals surface area contributed by atoms with Gasteiger partial charge in [0, 0.05) is 17.5 Å². The largest absolute Gasteiger partial charge is 0.507 e. The Bertz CT molecular complexity index is 1270. The highest BCUT2D eigenvalue weighted by Gasteiger charge is 2.21. The van der Waals surface area contributed by atoms with E-state index in [0.29, 0.717) is 12.2 Å². The van der Waals surface area contributed by atoms with Crippen molar-refractivity contribution < 1.29 is 22.4 Å². The Morgan fingerprint density at radius 1 is 1.03 bits per heavy atom. The Morgan fingerprint density at radius 3 is 2.48 bits per heavy atom. The van der Waals surface area contributed by atoms with Crippen LogP contribution in [0.2, 0.25) is 10.0 Å². The number of phenols is 1. The fourth-order valence-corrected chi connectivity index (χ4v) is 4.46. The molecule has 3 rings (SSSR count). The van der Waals surface area contributed by atoms with E-state index < -0.39 is 10.1 Å². The number of nitriles is 1. The highest BCUT2D eigenvalue weighted by atomic mass is 35.5. The van der Waals surface area contributed by atoms with Crippen molar-refractivity contribution in [2.45, 2.75) is 18.2 Å². The van der Waals surface area contributed by atoms with Crippen LogP contribution in [0, 0.1) is 18.3 Å². The van der Waals surface area contributed by atoms with E-state index in [-0.39, 0.29) is 38.6 Å². The zero-order valence-electron chi connectivity index (χ0n) is 16.3. The van der Waals surface area contributed by atoms with E-state index in [0.717, 1.165) is 11.1 Å². The second-order valence-electron chi connectivity index (χ2n) is 6.66. The molecule has 3 aromatic carbocycles. The van der Waals surface area contributed by atoms with Gasteiger partial charge in [-0.15, -0.1) is 0 Å². The molecule has 0 spiro atoms. The first-order valence-electron chi connectivity index (χ1n) is 9.04. The van der Waals surface area contributed by atoms with Gasteiger partial charge in [-0.1, -0.05) is 29.3 Å². The first-order valence-corrected chi connectivity index (χ1v) is 11.2. The van der Waals surface area contributed by atoms with Gasteiger partial charge in [-0.05, 0) is 60.5 Å². The van der Waals surface area contributed by atoms with Crippen LogP contribution in [0.25, 0.3) is 0 Å². The molecule has 6 nitrogen and oxygen atoms in total. The van der Waals surface area contributed by atoms with Crippen molar-refractivity contribution in [3.05, 3.63) is 81.3 Å². The number of nitrogens with zero attached hydrogens (tertiary/aromatic N) is 1. The van der Waals surface area contributed by atoms with E-state index >= 15 is 0 Å². The summed E-state index contributed by atoms with van der Waals surface area (Å²) < 4.78 is 36.2. The molecule has 0 radical (unpaired) electrons. The average molecular weight is 478 g/mol. The first-order chi connectivity index (χ1) is 14.7. The third kappa shape index (κ3) is 5.82. The molecule has 0 heterocycles. The number of phenolic OH excluding ortho intramolecular Hbond substituents is 1. The summed E-state index contributed by atoms with van der Waals surface area (Å²) in [5, 5.41) is 18.8. The van der Waals surface area contributed by atoms with E-state index in [4.69, 9.17) is 37.4 Å². The third-order valence-corrected chi connectivity index (χ3v) is 6.20. The molecule has 0 amide bonds. The molecule has 0 saturated heterocycles. The summed E-state index contributed by atoms with van der Waals surface area (Å²) in [6.45, 7) is 2.04. The molecule has 0 bridgehead atoms. The molecule has 1 N–H and O–H groups in total. The van der Waals surface area contributed by atoms with Crippen molar-refractivity contribution in [3.8, 4) is 23.3 Å². The van der Waals surface area contributed by atoms with Crippen LogP contribution in [0.15, 0.2) is 59.5 Å². The van der Waals surface area contributed by atoms with Crippen LogP contribution in [0.4, 0.5) is 0 Å². The molecule has 0 aromatic heterocycles. The molecule has 0 unspecified atom stereocenters. The summed E-state index contributed by atoms with van der Waals surface area (Å²) >= 11 is 11.9. The van der Waals surface area contributed by atoms with Crippen LogP contribution in [-0.4, -0.2) is 20.1 Å². The van der Waals surface area contributed by atoms with Gasteiger partial charge in [0.2, 0.25) is 0 Å². The van der Waals surface area contributed by atoms with Crippen LogP contribution in [-0.2, 0) is 16.5 Å². The Balaban J connectivity index is 1.72. The van der Waals surface area contributed by atoms with Crippen molar-refractivity contribution in [3.63, 3.8) is 0 Å². The average Bonchev–Trinajstić information content (AvgIpc) is 2.69. The fourth-order valence-electron chi connectivity index (χ4n) is 2.80. The number of halogens is 2. The highest BCUT2D eigenvalue weighted by molar-refractivity contribution is 7.87. The van der Waals surface area contributed by atoms with Gasteiger partial charge in [0.15, 0.2) is 0 Å². The predicted octanol–water partition coefficient (Wildman–Crippen LogP) is 5.27. The lowest BCUT2D eigenvalue weighted by Gasteiger charge is -2.12. The minimum Gasteiger partial charge on any atom is -0.507 e. The van der Waals surface area contributed by atoms with Gasteiger partial charge >= 0.3 is 10.1 Å². The van der Waals surface area contributed by atoms with Gasteiger partial charge in [0.05, 0.1) is 17.2 Å². The molecule has 160 valence electrons. The van der Waals surface area contributed by atoms with Gasteiger partial charge < -0.3 is 14.0 Å². The van der Waals surface area contributed by atoms with Gasteiger partial charge in [-0.25, -0.2) is 0 Å². The van der Waals surface area contributed by atoms with Crippen LogP contribution in [0.5, 0.6) is 17.2 Å². The summed E-state index contributed by atoms with van der Waals surface area (Å²) in [6, 6.07) is 15.5.